The van der Waals surface area contributed by atoms with Gasteiger partial charge in [0.05, 0.1) is 12.2 Å². The highest BCUT2D eigenvalue weighted by atomic mass is 32.2. The van der Waals surface area contributed by atoms with Crippen molar-refractivity contribution < 1.29 is 23.1 Å². The first-order chi connectivity index (χ1) is 9.45. The zero-order valence-corrected chi connectivity index (χ0v) is 13.7. The molecule has 21 heavy (non-hydrogen) atoms. The molecule has 0 radical (unpaired) electrons. The van der Waals surface area contributed by atoms with Crippen molar-refractivity contribution in [1.29, 1.82) is 0 Å². The largest absolute Gasteiger partial charge is 0.481 e. The zero-order chi connectivity index (χ0) is 16.7. The smallest absolute Gasteiger partial charge is 0.315 e. The van der Waals surface area contributed by atoms with Crippen LogP contribution in [-0.2, 0) is 14.8 Å². The minimum absolute atomic E-state index is 0.0513. The van der Waals surface area contributed by atoms with E-state index in [9.17, 15) is 18.0 Å². The summed E-state index contributed by atoms with van der Waals surface area (Å²) in [7, 11) is -2.08. The van der Waals surface area contributed by atoms with Crippen molar-refractivity contribution in [1.82, 2.24) is 15.4 Å². The van der Waals surface area contributed by atoms with E-state index in [2.05, 4.69) is 15.4 Å². The number of nitrogens with one attached hydrogen (secondary N) is 3. The second-order valence-corrected chi connectivity index (χ2v) is 8.03. The van der Waals surface area contributed by atoms with Crippen LogP contribution in [0.4, 0.5) is 4.79 Å². The number of hydrogen-bond acceptors (Lipinski definition) is 4. The predicted molar refractivity (Wildman–Crippen MR) is 79.5 cm³/mol. The number of carbonyl (C=O) groups is 2. The molecular formula is C12H25N3O5S. The lowest BCUT2D eigenvalue weighted by Crippen LogP contribution is -2.46. The Labute approximate surface area is 125 Å². The molecule has 1 unspecified atom stereocenters. The topological polar surface area (TPSA) is 125 Å². The molecule has 0 spiro atoms. The summed E-state index contributed by atoms with van der Waals surface area (Å²) in [5.74, 6) is -1.23. The van der Waals surface area contributed by atoms with Crippen LogP contribution in [0, 0.1) is 5.41 Å². The number of hydrogen-bond donors (Lipinski definition) is 4. The summed E-state index contributed by atoms with van der Waals surface area (Å²) in [6, 6.07) is -1.08. The van der Waals surface area contributed by atoms with Gasteiger partial charge in [-0.2, -0.15) is 0 Å². The van der Waals surface area contributed by atoms with Gasteiger partial charge in [-0.3, -0.25) is 4.79 Å². The molecule has 2 amide bonds. The van der Waals surface area contributed by atoms with E-state index in [-0.39, 0.29) is 24.1 Å². The third-order valence-corrected chi connectivity index (χ3v) is 3.95. The Kier molecular flexibility index (Phi) is 7.65. The van der Waals surface area contributed by atoms with Crippen molar-refractivity contribution >= 4 is 22.0 Å². The summed E-state index contributed by atoms with van der Waals surface area (Å²) < 4.78 is 24.5. The minimum Gasteiger partial charge on any atom is -0.481 e. The quantitative estimate of drug-likeness (QED) is 0.505. The highest BCUT2D eigenvalue weighted by molar-refractivity contribution is 7.89. The van der Waals surface area contributed by atoms with Gasteiger partial charge in [-0.1, -0.05) is 20.8 Å². The second kappa shape index (κ2) is 8.18. The third kappa shape index (κ3) is 11.0. The van der Waals surface area contributed by atoms with Crippen molar-refractivity contribution in [3.63, 3.8) is 0 Å². The van der Waals surface area contributed by atoms with E-state index in [4.69, 9.17) is 5.11 Å². The molecule has 0 aromatic rings. The van der Waals surface area contributed by atoms with Gasteiger partial charge < -0.3 is 15.7 Å². The Morgan fingerprint density at radius 3 is 2.24 bits per heavy atom. The number of carboxylic acid groups (broad SMARTS) is 1. The molecule has 0 aliphatic rings. The molecule has 0 aromatic heterocycles. The summed E-state index contributed by atoms with van der Waals surface area (Å²) in [6.07, 6.45) is 0.320. The molecule has 0 saturated heterocycles. The first kappa shape index (κ1) is 19.7. The summed E-state index contributed by atoms with van der Waals surface area (Å²) in [5.41, 5.74) is -0.136. The number of amides is 2. The summed E-state index contributed by atoms with van der Waals surface area (Å²) in [5, 5.41) is 13.8. The van der Waals surface area contributed by atoms with Crippen LogP contribution < -0.4 is 15.4 Å². The van der Waals surface area contributed by atoms with Gasteiger partial charge in [0.1, 0.15) is 0 Å². The summed E-state index contributed by atoms with van der Waals surface area (Å²) >= 11 is 0. The Morgan fingerprint density at radius 2 is 1.81 bits per heavy atom. The number of sulfonamides is 1. The van der Waals surface area contributed by atoms with E-state index >= 15 is 0 Å². The van der Waals surface area contributed by atoms with Gasteiger partial charge in [-0.25, -0.2) is 17.9 Å². The Balaban J connectivity index is 4.37. The second-order valence-electron chi connectivity index (χ2n) is 5.98. The van der Waals surface area contributed by atoms with E-state index < -0.39 is 28.1 Å². The molecule has 4 N–H and O–H groups in total. The van der Waals surface area contributed by atoms with Crippen LogP contribution in [0.3, 0.4) is 0 Å². The van der Waals surface area contributed by atoms with E-state index in [1.807, 2.05) is 20.8 Å². The van der Waals surface area contributed by atoms with Crippen LogP contribution in [0.1, 0.15) is 33.6 Å². The molecule has 0 rings (SSSR count). The van der Waals surface area contributed by atoms with Crippen LogP contribution in [0.2, 0.25) is 0 Å². The molecule has 9 heteroatoms. The van der Waals surface area contributed by atoms with Crippen molar-refractivity contribution in [2.45, 2.75) is 39.7 Å². The summed E-state index contributed by atoms with van der Waals surface area (Å²) in [4.78, 5) is 22.5. The van der Waals surface area contributed by atoms with Gasteiger partial charge in [-0.05, 0) is 18.9 Å². The Hall–Kier alpha value is -1.35. The average molecular weight is 323 g/mol. The lowest BCUT2D eigenvalue weighted by molar-refractivity contribution is -0.137. The third-order valence-electron chi connectivity index (χ3n) is 2.58. The molecule has 0 heterocycles. The fourth-order valence-electron chi connectivity index (χ4n) is 1.76. The van der Waals surface area contributed by atoms with Crippen molar-refractivity contribution in [3.8, 4) is 0 Å². The van der Waals surface area contributed by atoms with Crippen LogP contribution in [-0.4, -0.2) is 50.9 Å². The van der Waals surface area contributed by atoms with Crippen molar-refractivity contribution in [2.24, 2.45) is 5.41 Å². The molecule has 124 valence electrons. The lowest BCUT2D eigenvalue weighted by atomic mass is 9.87. The average Bonchev–Trinajstić information content (AvgIpc) is 2.25. The van der Waals surface area contributed by atoms with Crippen LogP contribution in [0.5, 0.6) is 0 Å². The van der Waals surface area contributed by atoms with E-state index in [1.54, 1.807) is 0 Å². The minimum atomic E-state index is -3.38. The SMILES string of the molecule is CNS(=O)(=O)CCNC(=O)NC(CC(=O)O)CC(C)(C)C. The number of rotatable bonds is 8. The van der Waals surface area contributed by atoms with Gasteiger partial charge in [0.25, 0.3) is 0 Å². The molecule has 0 aliphatic heterocycles. The molecular weight excluding hydrogens is 298 g/mol. The predicted octanol–water partition coefficient (Wildman–Crippen LogP) is 0.114. The zero-order valence-electron chi connectivity index (χ0n) is 12.9. The van der Waals surface area contributed by atoms with Gasteiger partial charge in [-0.15, -0.1) is 0 Å². The monoisotopic (exact) mass is 323 g/mol. The number of aliphatic carboxylic acids is 1. The molecule has 0 aromatic carbocycles. The van der Waals surface area contributed by atoms with E-state index in [0.717, 1.165) is 0 Å². The number of carboxylic acids is 1. The fourth-order valence-corrected chi connectivity index (χ4v) is 2.34. The Bertz CT molecular complexity index is 456. The maximum absolute atomic E-state index is 11.7. The first-order valence-electron chi connectivity index (χ1n) is 6.62. The molecule has 0 aliphatic carbocycles. The highest BCUT2D eigenvalue weighted by Gasteiger charge is 2.22. The maximum Gasteiger partial charge on any atom is 0.315 e. The van der Waals surface area contributed by atoms with Gasteiger partial charge in [0.15, 0.2) is 0 Å². The first-order valence-corrected chi connectivity index (χ1v) is 8.28. The number of carbonyl (C=O) groups excluding carboxylic acids is 1. The normalized spacial score (nSPS) is 13.5. The van der Waals surface area contributed by atoms with Crippen LogP contribution in [0.15, 0.2) is 0 Å². The fraction of sp³-hybridized carbons (Fsp3) is 0.833. The van der Waals surface area contributed by atoms with Crippen molar-refractivity contribution in [2.75, 3.05) is 19.3 Å². The van der Waals surface area contributed by atoms with Crippen molar-refractivity contribution in [3.05, 3.63) is 0 Å². The Morgan fingerprint density at radius 1 is 1.24 bits per heavy atom. The van der Waals surface area contributed by atoms with Crippen LogP contribution in [0.25, 0.3) is 0 Å². The standard InChI is InChI=1S/C12H25N3O5S/c1-12(2,3)8-9(7-10(16)17)15-11(18)14-5-6-21(19,20)13-4/h9,13H,5-8H2,1-4H3,(H,16,17)(H2,14,15,18). The van der Waals surface area contributed by atoms with Crippen LogP contribution >= 0.6 is 0 Å². The summed E-state index contributed by atoms with van der Waals surface area (Å²) in [6.45, 7) is 5.78. The van der Waals surface area contributed by atoms with Gasteiger partial charge in [0, 0.05) is 12.6 Å². The van der Waals surface area contributed by atoms with E-state index in [1.165, 1.54) is 7.05 Å². The molecule has 8 nitrogen and oxygen atoms in total. The molecule has 1 atom stereocenters. The van der Waals surface area contributed by atoms with Gasteiger partial charge in [0.2, 0.25) is 10.0 Å². The highest BCUT2D eigenvalue weighted by Crippen LogP contribution is 2.22. The number of urea groups is 1. The molecule has 0 bridgehead atoms. The van der Waals surface area contributed by atoms with Gasteiger partial charge >= 0.3 is 12.0 Å². The molecule has 0 saturated carbocycles. The van der Waals surface area contributed by atoms with E-state index in [0.29, 0.717) is 6.42 Å². The lowest BCUT2D eigenvalue weighted by Gasteiger charge is -2.25. The maximum atomic E-state index is 11.7. The molecule has 0 fully saturated rings.